The molecule has 1 aliphatic heterocycles. The SMILES string of the molecule is Cc1ccc(NC(=O)N2CCC[C@H](O)C2)cc1Cl. The van der Waals surface area contributed by atoms with E-state index < -0.39 is 6.10 Å². The largest absolute Gasteiger partial charge is 0.391 e. The maximum Gasteiger partial charge on any atom is 0.321 e. The maximum absolute atomic E-state index is 12.0. The predicted octanol–water partition coefficient (Wildman–Crippen LogP) is 2.64. The molecule has 0 saturated carbocycles. The van der Waals surface area contributed by atoms with Gasteiger partial charge < -0.3 is 15.3 Å². The van der Waals surface area contributed by atoms with Crippen molar-refractivity contribution >= 4 is 23.3 Å². The molecule has 2 N–H and O–H groups in total. The van der Waals surface area contributed by atoms with Gasteiger partial charge in [-0.05, 0) is 37.5 Å². The predicted molar refractivity (Wildman–Crippen MR) is 72.0 cm³/mol. The van der Waals surface area contributed by atoms with Gasteiger partial charge in [0.15, 0.2) is 0 Å². The zero-order valence-corrected chi connectivity index (χ0v) is 11.1. The molecule has 0 aromatic heterocycles. The first kappa shape index (κ1) is 13.2. The molecule has 2 rings (SSSR count). The Labute approximate surface area is 112 Å². The Hall–Kier alpha value is -1.26. The van der Waals surface area contributed by atoms with E-state index in [1.54, 1.807) is 11.0 Å². The van der Waals surface area contributed by atoms with E-state index in [-0.39, 0.29) is 6.03 Å². The molecular weight excluding hydrogens is 252 g/mol. The van der Waals surface area contributed by atoms with E-state index >= 15 is 0 Å². The molecule has 1 heterocycles. The van der Waals surface area contributed by atoms with Gasteiger partial charge in [-0.3, -0.25) is 0 Å². The Bertz CT molecular complexity index is 451. The van der Waals surface area contributed by atoms with Gasteiger partial charge in [0.1, 0.15) is 0 Å². The van der Waals surface area contributed by atoms with Crippen LogP contribution in [0.4, 0.5) is 10.5 Å². The number of benzene rings is 1. The standard InChI is InChI=1S/C13H17ClN2O2/c1-9-4-5-10(7-12(9)14)15-13(18)16-6-2-3-11(17)8-16/h4-5,7,11,17H,2-3,6,8H2,1H3,(H,15,18)/t11-/m0/s1. The van der Waals surface area contributed by atoms with Gasteiger partial charge in [-0.1, -0.05) is 17.7 Å². The number of anilines is 1. The van der Waals surface area contributed by atoms with Gasteiger partial charge in [-0.2, -0.15) is 0 Å². The fourth-order valence-electron chi connectivity index (χ4n) is 2.01. The summed E-state index contributed by atoms with van der Waals surface area (Å²) in [5.41, 5.74) is 1.65. The smallest absolute Gasteiger partial charge is 0.321 e. The lowest BCUT2D eigenvalue weighted by Crippen LogP contribution is -2.44. The molecule has 18 heavy (non-hydrogen) atoms. The van der Waals surface area contributed by atoms with Crippen molar-refractivity contribution in [3.63, 3.8) is 0 Å². The third-order valence-corrected chi connectivity index (χ3v) is 3.51. The highest BCUT2D eigenvalue weighted by Gasteiger charge is 2.21. The van der Waals surface area contributed by atoms with Crippen LogP contribution in [0.15, 0.2) is 18.2 Å². The fourth-order valence-corrected chi connectivity index (χ4v) is 2.19. The number of carbonyl (C=O) groups excluding carboxylic acids is 1. The number of urea groups is 1. The number of carbonyl (C=O) groups is 1. The monoisotopic (exact) mass is 268 g/mol. The number of amides is 2. The van der Waals surface area contributed by atoms with Crippen molar-refractivity contribution in [2.45, 2.75) is 25.9 Å². The first-order chi connectivity index (χ1) is 8.56. The van der Waals surface area contributed by atoms with Crippen molar-refractivity contribution in [1.29, 1.82) is 0 Å². The highest BCUT2D eigenvalue weighted by Crippen LogP contribution is 2.20. The van der Waals surface area contributed by atoms with Crippen LogP contribution < -0.4 is 5.32 Å². The summed E-state index contributed by atoms with van der Waals surface area (Å²) in [6.07, 6.45) is 1.19. The van der Waals surface area contributed by atoms with E-state index in [4.69, 9.17) is 11.6 Å². The van der Waals surface area contributed by atoms with E-state index in [9.17, 15) is 9.90 Å². The van der Waals surface area contributed by atoms with Crippen molar-refractivity contribution in [1.82, 2.24) is 4.90 Å². The Morgan fingerprint density at radius 1 is 1.56 bits per heavy atom. The van der Waals surface area contributed by atoms with Crippen LogP contribution in [-0.2, 0) is 0 Å². The van der Waals surface area contributed by atoms with Gasteiger partial charge in [-0.25, -0.2) is 4.79 Å². The van der Waals surface area contributed by atoms with Crippen LogP contribution in [0.5, 0.6) is 0 Å². The van der Waals surface area contributed by atoms with Gasteiger partial charge in [0.25, 0.3) is 0 Å². The number of β-amino-alcohol motifs (C(OH)–C–C–N with tert-alkyl or cyclic N) is 1. The van der Waals surface area contributed by atoms with Crippen LogP contribution in [0.2, 0.25) is 5.02 Å². The lowest BCUT2D eigenvalue weighted by Gasteiger charge is -2.30. The second-order valence-corrected chi connectivity index (χ2v) is 5.04. The summed E-state index contributed by atoms with van der Waals surface area (Å²) in [4.78, 5) is 13.6. The molecule has 0 unspecified atom stereocenters. The number of nitrogens with one attached hydrogen (secondary N) is 1. The van der Waals surface area contributed by atoms with Crippen LogP contribution in [0.25, 0.3) is 0 Å². The molecule has 0 radical (unpaired) electrons. The van der Waals surface area contributed by atoms with Crippen LogP contribution >= 0.6 is 11.6 Å². The minimum Gasteiger partial charge on any atom is -0.391 e. The lowest BCUT2D eigenvalue weighted by molar-refractivity contribution is 0.0883. The number of likely N-dealkylation sites (tertiary alicyclic amines) is 1. The van der Waals surface area contributed by atoms with Gasteiger partial charge in [-0.15, -0.1) is 0 Å². The van der Waals surface area contributed by atoms with Crippen molar-refractivity contribution in [3.8, 4) is 0 Å². The van der Waals surface area contributed by atoms with Crippen LogP contribution in [0, 0.1) is 6.92 Å². The maximum atomic E-state index is 12.0. The number of hydrogen-bond acceptors (Lipinski definition) is 2. The summed E-state index contributed by atoms with van der Waals surface area (Å²) < 4.78 is 0. The summed E-state index contributed by atoms with van der Waals surface area (Å²) >= 11 is 6.00. The molecule has 2 amide bonds. The first-order valence-electron chi connectivity index (χ1n) is 6.06. The Morgan fingerprint density at radius 2 is 2.33 bits per heavy atom. The summed E-state index contributed by atoms with van der Waals surface area (Å²) in [6.45, 7) is 2.99. The van der Waals surface area contributed by atoms with Gasteiger partial charge in [0.05, 0.1) is 6.10 Å². The van der Waals surface area contributed by atoms with Crippen LogP contribution in [0.1, 0.15) is 18.4 Å². The molecule has 1 aromatic rings. The Balaban J connectivity index is 2.00. The van der Waals surface area contributed by atoms with E-state index in [0.29, 0.717) is 23.8 Å². The molecule has 0 aliphatic carbocycles. The molecule has 4 nitrogen and oxygen atoms in total. The summed E-state index contributed by atoms with van der Waals surface area (Å²) in [5.74, 6) is 0. The van der Waals surface area contributed by atoms with Crippen molar-refractivity contribution in [2.75, 3.05) is 18.4 Å². The van der Waals surface area contributed by atoms with E-state index in [1.165, 1.54) is 0 Å². The minimum absolute atomic E-state index is 0.186. The molecule has 1 saturated heterocycles. The third-order valence-electron chi connectivity index (χ3n) is 3.11. The van der Waals surface area contributed by atoms with Crippen molar-refractivity contribution in [2.24, 2.45) is 0 Å². The second kappa shape index (κ2) is 5.59. The summed E-state index contributed by atoms with van der Waals surface area (Å²) in [7, 11) is 0. The second-order valence-electron chi connectivity index (χ2n) is 4.64. The fraction of sp³-hybridized carbons (Fsp3) is 0.462. The molecule has 1 atom stereocenters. The summed E-state index contributed by atoms with van der Waals surface area (Å²) in [5, 5.41) is 13.0. The molecule has 5 heteroatoms. The number of halogens is 1. The van der Waals surface area contributed by atoms with E-state index in [0.717, 1.165) is 18.4 Å². The highest BCUT2D eigenvalue weighted by atomic mass is 35.5. The normalized spacial score (nSPS) is 19.7. The molecule has 98 valence electrons. The van der Waals surface area contributed by atoms with Crippen LogP contribution in [0.3, 0.4) is 0 Å². The number of aryl methyl sites for hydroxylation is 1. The number of hydrogen-bond donors (Lipinski definition) is 2. The number of nitrogens with zero attached hydrogens (tertiary/aromatic N) is 1. The van der Waals surface area contributed by atoms with E-state index in [1.807, 2.05) is 19.1 Å². The highest BCUT2D eigenvalue weighted by molar-refractivity contribution is 6.31. The number of piperidine rings is 1. The molecular formula is C13H17ClN2O2. The zero-order chi connectivity index (χ0) is 13.1. The number of rotatable bonds is 1. The molecule has 1 aromatic carbocycles. The van der Waals surface area contributed by atoms with Crippen molar-refractivity contribution < 1.29 is 9.90 Å². The van der Waals surface area contributed by atoms with Crippen molar-refractivity contribution in [3.05, 3.63) is 28.8 Å². The Morgan fingerprint density at radius 3 is 3.00 bits per heavy atom. The molecule has 1 aliphatic rings. The third kappa shape index (κ3) is 3.15. The lowest BCUT2D eigenvalue weighted by atomic mass is 10.1. The topological polar surface area (TPSA) is 52.6 Å². The molecule has 0 bridgehead atoms. The molecule has 1 fully saturated rings. The van der Waals surface area contributed by atoms with Gasteiger partial charge in [0.2, 0.25) is 0 Å². The van der Waals surface area contributed by atoms with Gasteiger partial charge in [0, 0.05) is 23.8 Å². The number of aliphatic hydroxyl groups excluding tert-OH is 1. The summed E-state index contributed by atoms with van der Waals surface area (Å²) in [6, 6.07) is 5.23. The quantitative estimate of drug-likeness (QED) is 0.823. The van der Waals surface area contributed by atoms with E-state index in [2.05, 4.69) is 5.32 Å². The zero-order valence-electron chi connectivity index (χ0n) is 10.3. The minimum atomic E-state index is -0.411. The average molecular weight is 269 g/mol. The first-order valence-corrected chi connectivity index (χ1v) is 6.44. The average Bonchev–Trinajstić information content (AvgIpc) is 2.34. The van der Waals surface area contributed by atoms with Crippen LogP contribution in [-0.4, -0.2) is 35.2 Å². The molecule has 0 spiro atoms. The number of aliphatic hydroxyl groups is 1. The Kier molecular flexibility index (Phi) is 4.09. The van der Waals surface area contributed by atoms with Gasteiger partial charge >= 0.3 is 6.03 Å².